The van der Waals surface area contributed by atoms with Crippen molar-refractivity contribution in [1.82, 2.24) is 14.9 Å². The number of hydrogen-bond acceptors (Lipinski definition) is 5. The van der Waals surface area contributed by atoms with Gasteiger partial charge in [-0.1, -0.05) is 20.3 Å². The molecule has 1 fully saturated rings. The first-order valence-corrected chi connectivity index (χ1v) is 7.89. The lowest BCUT2D eigenvalue weighted by Gasteiger charge is -2.39. The van der Waals surface area contributed by atoms with Crippen LogP contribution in [-0.4, -0.2) is 53.6 Å². The maximum absolute atomic E-state index is 14.3. The van der Waals surface area contributed by atoms with Crippen molar-refractivity contribution in [2.24, 2.45) is 5.73 Å². The summed E-state index contributed by atoms with van der Waals surface area (Å²) < 4.78 is 14.3. The molecule has 0 saturated carbocycles. The Hall–Kier alpha value is -1.27. The van der Waals surface area contributed by atoms with E-state index in [0.717, 1.165) is 39.0 Å². The number of anilines is 1. The van der Waals surface area contributed by atoms with Crippen LogP contribution in [0.3, 0.4) is 0 Å². The number of nitrogens with two attached hydrogens (primary N) is 1. The summed E-state index contributed by atoms with van der Waals surface area (Å²) in [5.74, 6) is 0.179. The van der Waals surface area contributed by atoms with E-state index in [4.69, 9.17) is 5.73 Å². The first-order chi connectivity index (χ1) is 10.2. The van der Waals surface area contributed by atoms with Crippen molar-refractivity contribution in [3.8, 4) is 0 Å². The summed E-state index contributed by atoms with van der Waals surface area (Å²) in [6.07, 6.45) is 4.32. The highest BCUT2D eigenvalue weighted by molar-refractivity contribution is 5.41. The van der Waals surface area contributed by atoms with Gasteiger partial charge in [-0.2, -0.15) is 0 Å². The number of rotatable bonds is 6. The average Bonchev–Trinajstić information content (AvgIpc) is 2.53. The maximum atomic E-state index is 14.3. The molecular formula is C15H26FN5. The number of halogens is 1. The number of hydrogen-bond donors (Lipinski definition) is 1. The molecule has 6 heteroatoms. The summed E-state index contributed by atoms with van der Waals surface area (Å²) in [6.45, 7) is 8.18. The summed E-state index contributed by atoms with van der Waals surface area (Å²) in [6, 6.07) is 0.443. The zero-order valence-corrected chi connectivity index (χ0v) is 13.1. The van der Waals surface area contributed by atoms with Crippen LogP contribution in [0, 0.1) is 5.82 Å². The molecule has 0 amide bonds. The topological polar surface area (TPSA) is 58.3 Å². The van der Waals surface area contributed by atoms with Gasteiger partial charge in [-0.05, 0) is 12.8 Å². The van der Waals surface area contributed by atoms with E-state index in [1.165, 1.54) is 6.33 Å². The van der Waals surface area contributed by atoms with Crippen molar-refractivity contribution in [1.29, 1.82) is 0 Å². The molecule has 2 heterocycles. The maximum Gasteiger partial charge on any atom is 0.187 e. The van der Waals surface area contributed by atoms with Gasteiger partial charge >= 0.3 is 0 Å². The molecule has 118 valence electrons. The first kappa shape index (κ1) is 16.1. The Morgan fingerprint density at radius 2 is 1.95 bits per heavy atom. The molecule has 0 radical (unpaired) electrons. The zero-order chi connectivity index (χ0) is 15.2. The molecule has 1 aromatic rings. The highest BCUT2D eigenvalue weighted by Crippen LogP contribution is 2.20. The third kappa shape index (κ3) is 3.68. The van der Waals surface area contributed by atoms with Gasteiger partial charge in [0.15, 0.2) is 11.6 Å². The Bertz CT molecular complexity index is 446. The van der Waals surface area contributed by atoms with E-state index in [1.54, 1.807) is 0 Å². The van der Waals surface area contributed by atoms with Crippen molar-refractivity contribution in [2.45, 2.75) is 39.2 Å². The molecule has 1 saturated heterocycles. The van der Waals surface area contributed by atoms with Crippen molar-refractivity contribution >= 4 is 5.82 Å². The minimum Gasteiger partial charge on any atom is -0.352 e. The molecule has 21 heavy (non-hydrogen) atoms. The second kappa shape index (κ2) is 7.66. The zero-order valence-electron chi connectivity index (χ0n) is 13.1. The molecule has 1 atom stereocenters. The number of piperazine rings is 1. The lowest BCUT2D eigenvalue weighted by atomic mass is 10.1. The Labute approximate surface area is 126 Å². The smallest absolute Gasteiger partial charge is 0.187 e. The first-order valence-electron chi connectivity index (χ1n) is 7.89. The normalized spacial score (nSPS) is 18.0. The standard InChI is InChI=1S/C15H26FN5/c1-3-5-12(10-17)20-6-8-21(9-7-20)15-14(16)13(4-2)18-11-19-15/h11-12H,3-10,17H2,1-2H3. The van der Waals surface area contributed by atoms with Gasteiger partial charge < -0.3 is 10.6 Å². The predicted molar refractivity (Wildman–Crippen MR) is 82.9 cm³/mol. The Balaban J connectivity index is 2.01. The van der Waals surface area contributed by atoms with Crippen LogP contribution < -0.4 is 10.6 Å². The summed E-state index contributed by atoms with van der Waals surface area (Å²) >= 11 is 0. The van der Waals surface area contributed by atoms with E-state index in [1.807, 2.05) is 11.8 Å². The summed E-state index contributed by atoms with van der Waals surface area (Å²) in [7, 11) is 0. The summed E-state index contributed by atoms with van der Waals surface area (Å²) in [5, 5.41) is 0. The van der Waals surface area contributed by atoms with Gasteiger partial charge in [-0.3, -0.25) is 4.90 Å². The fourth-order valence-corrected chi connectivity index (χ4v) is 2.94. The van der Waals surface area contributed by atoms with Crippen LogP contribution in [-0.2, 0) is 6.42 Å². The fourth-order valence-electron chi connectivity index (χ4n) is 2.94. The van der Waals surface area contributed by atoms with Crippen LogP contribution in [0.5, 0.6) is 0 Å². The monoisotopic (exact) mass is 295 g/mol. The second-order valence-electron chi connectivity index (χ2n) is 5.51. The minimum absolute atomic E-state index is 0.266. The Kier molecular flexibility index (Phi) is 5.87. The van der Waals surface area contributed by atoms with Crippen LogP contribution in [0.15, 0.2) is 6.33 Å². The van der Waals surface area contributed by atoms with E-state index in [0.29, 0.717) is 30.5 Å². The van der Waals surface area contributed by atoms with Gasteiger partial charge in [0.25, 0.3) is 0 Å². The van der Waals surface area contributed by atoms with Crippen molar-refractivity contribution in [3.63, 3.8) is 0 Å². The van der Waals surface area contributed by atoms with Crippen LogP contribution in [0.1, 0.15) is 32.4 Å². The summed E-state index contributed by atoms with van der Waals surface area (Å²) in [4.78, 5) is 12.6. The number of aromatic nitrogens is 2. The molecule has 0 spiro atoms. The minimum atomic E-state index is -0.266. The third-order valence-corrected chi connectivity index (χ3v) is 4.20. The van der Waals surface area contributed by atoms with Crippen LogP contribution >= 0.6 is 0 Å². The predicted octanol–water partition coefficient (Wildman–Crippen LogP) is 1.43. The van der Waals surface area contributed by atoms with Gasteiger partial charge in [-0.15, -0.1) is 0 Å². The van der Waals surface area contributed by atoms with Crippen LogP contribution in [0.4, 0.5) is 10.2 Å². The molecule has 1 unspecified atom stereocenters. The van der Waals surface area contributed by atoms with Crippen molar-refractivity contribution in [3.05, 3.63) is 17.8 Å². The van der Waals surface area contributed by atoms with Crippen LogP contribution in [0.2, 0.25) is 0 Å². The van der Waals surface area contributed by atoms with Crippen LogP contribution in [0.25, 0.3) is 0 Å². The number of aryl methyl sites for hydroxylation is 1. The van der Waals surface area contributed by atoms with Gasteiger partial charge in [0.05, 0.1) is 5.69 Å². The quantitative estimate of drug-likeness (QED) is 0.860. The molecule has 1 aliphatic heterocycles. The van der Waals surface area contributed by atoms with E-state index in [2.05, 4.69) is 21.8 Å². The summed E-state index contributed by atoms with van der Waals surface area (Å²) in [5.41, 5.74) is 6.36. The molecule has 0 bridgehead atoms. The molecule has 2 N–H and O–H groups in total. The second-order valence-corrected chi connectivity index (χ2v) is 5.51. The SMILES string of the molecule is CCCC(CN)N1CCN(c2ncnc(CC)c2F)CC1. The highest BCUT2D eigenvalue weighted by atomic mass is 19.1. The molecule has 0 aliphatic carbocycles. The lowest BCUT2D eigenvalue weighted by Crippen LogP contribution is -2.52. The number of nitrogens with zero attached hydrogens (tertiary/aromatic N) is 4. The third-order valence-electron chi connectivity index (χ3n) is 4.20. The fraction of sp³-hybridized carbons (Fsp3) is 0.733. The van der Waals surface area contributed by atoms with Gasteiger partial charge in [-0.25, -0.2) is 14.4 Å². The molecule has 1 aromatic heterocycles. The Morgan fingerprint density at radius 3 is 2.52 bits per heavy atom. The lowest BCUT2D eigenvalue weighted by molar-refractivity contribution is 0.179. The Morgan fingerprint density at radius 1 is 1.24 bits per heavy atom. The molecule has 0 aromatic carbocycles. The van der Waals surface area contributed by atoms with Crippen molar-refractivity contribution in [2.75, 3.05) is 37.6 Å². The molecule has 2 rings (SSSR count). The van der Waals surface area contributed by atoms with E-state index >= 15 is 0 Å². The highest BCUT2D eigenvalue weighted by Gasteiger charge is 2.25. The van der Waals surface area contributed by atoms with E-state index in [-0.39, 0.29) is 5.82 Å². The average molecular weight is 295 g/mol. The van der Waals surface area contributed by atoms with Gasteiger partial charge in [0.2, 0.25) is 0 Å². The molecule has 1 aliphatic rings. The van der Waals surface area contributed by atoms with Gasteiger partial charge in [0.1, 0.15) is 6.33 Å². The van der Waals surface area contributed by atoms with E-state index < -0.39 is 0 Å². The largest absolute Gasteiger partial charge is 0.352 e. The molecule has 5 nitrogen and oxygen atoms in total. The van der Waals surface area contributed by atoms with E-state index in [9.17, 15) is 4.39 Å². The van der Waals surface area contributed by atoms with Crippen molar-refractivity contribution < 1.29 is 4.39 Å². The van der Waals surface area contributed by atoms with Gasteiger partial charge in [0, 0.05) is 38.8 Å². The molecular weight excluding hydrogens is 269 g/mol.